The van der Waals surface area contributed by atoms with Crippen LogP contribution in [0.3, 0.4) is 0 Å². The molecule has 1 heterocycles. The SMILES string of the molecule is CC12CC(O)C3=C(CCC4CCC(O)CC4=C3)C1CC=C2c1ccc2ccncc2c1.CNC. The Balaban J connectivity index is 0.000000764. The maximum Gasteiger partial charge on any atom is 0.0798 e. The zero-order chi connectivity index (χ0) is 23.9. The highest BCUT2D eigenvalue weighted by Crippen LogP contribution is 2.59. The molecule has 4 aliphatic rings. The van der Waals surface area contributed by atoms with Crippen LogP contribution in [0.25, 0.3) is 16.3 Å². The van der Waals surface area contributed by atoms with Crippen molar-refractivity contribution in [3.05, 3.63) is 71.1 Å². The standard InChI is InChI=1S/C28H31NO2.C2H7N/c1-28-15-27(31)24-14-20-13-22(30)6-4-17(20)5-7-23(24)26(28)9-8-25(28)19-3-2-18-10-11-29-16-21(18)12-19;1-3-2/h2-3,8,10-12,14,16-17,22,26-27,30-31H,4-7,9,13,15H2,1H3;3H,1-2H3. The number of pyridine rings is 1. The van der Waals surface area contributed by atoms with Gasteiger partial charge in [-0.1, -0.05) is 42.4 Å². The van der Waals surface area contributed by atoms with Crippen LogP contribution >= 0.6 is 0 Å². The van der Waals surface area contributed by atoms with E-state index in [1.165, 1.54) is 38.6 Å². The molecule has 4 nitrogen and oxygen atoms in total. The Kier molecular flexibility index (Phi) is 6.49. The van der Waals surface area contributed by atoms with Crippen molar-refractivity contribution >= 4 is 16.3 Å². The molecule has 4 aliphatic carbocycles. The Morgan fingerprint density at radius 2 is 1.88 bits per heavy atom. The third-order valence-corrected chi connectivity index (χ3v) is 8.61. The van der Waals surface area contributed by atoms with E-state index in [1.54, 1.807) is 0 Å². The summed E-state index contributed by atoms with van der Waals surface area (Å²) in [6, 6.07) is 8.76. The predicted molar refractivity (Wildman–Crippen MR) is 139 cm³/mol. The molecule has 1 saturated carbocycles. The Morgan fingerprint density at radius 3 is 2.71 bits per heavy atom. The first-order valence-corrected chi connectivity index (χ1v) is 12.9. The lowest BCUT2D eigenvalue weighted by Crippen LogP contribution is -2.37. The summed E-state index contributed by atoms with van der Waals surface area (Å²) in [4.78, 5) is 4.31. The van der Waals surface area contributed by atoms with E-state index in [2.05, 4.69) is 53.6 Å². The van der Waals surface area contributed by atoms with Gasteiger partial charge in [0.25, 0.3) is 0 Å². The van der Waals surface area contributed by atoms with Crippen LogP contribution in [0.15, 0.2) is 65.5 Å². The van der Waals surface area contributed by atoms with Gasteiger partial charge in [-0.15, -0.1) is 0 Å². The smallest absolute Gasteiger partial charge is 0.0798 e. The lowest BCUT2D eigenvalue weighted by molar-refractivity contribution is 0.124. The first-order valence-electron chi connectivity index (χ1n) is 12.9. The van der Waals surface area contributed by atoms with E-state index >= 15 is 0 Å². The maximum atomic E-state index is 11.3. The monoisotopic (exact) mass is 458 g/mol. The fraction of sp³-hybridized carbons (Fsp3) is 0.500. The molecule has 4 heteroatoms. The van der Waals surface area contributed by atoms with Crippen LogP contribution in [-0.2, 0) is 0 Å². The van der Waals surface area contributed by atoms with Gasteiger partial charge >= 0.3 is 0 Å². The van der Waals surface area contributed by atoms with Gasteiger partial charge in [-0.05, 0) is 105 Å². The van der Waals surface area contributed by atoms with Crippen molar-refractivity contribution in [2.24, 2.45) is 17.3 Å². The lowest BCUT2D eigenvalue weighted by Gasteiger charge is -2.43. The topological polar surface area (TPSA) is 65.4 Å². The molecule has 5 unspecified atom stereocenters. The van der Waals surface area contributed by atoms with Gasteiger partial charge in [0, 0.05) is 23.2 Å². The van der Waals surface area contributed by atoms with Crippen LogP contribution in [0.5, 0.6) is 0 Å². The van der Waals surface area contributed by atoms with Gasteiger partial charge in [-0.2, -0.15) is 0 Å². The van der Waals surface area contributed by atoms with Crippen molar-refractivity contribution in [1.29, 1.82) is 0 Å². The molecule has 1 fully saturated rings. The van der Waals surface area contributed by atoms with E-state index < -0.39 is 6.10 Å². The molecular weight excluding hydrogens is 420 g/mol. The van der Waals surface area contributed by atoms with Gasteiger partial charge in [-0.25, -0.2) is 0 Å². The number of hydrogen-bond donors (Lipinski definition) is 3. The molecule has 1 aromatic carbocycles. The van der Waals surface area contributed by atoms with Crippen molar-refractivity contribution < 1.29 is 10.2 Å². The van der Waals surface area contributed by atoms with E-state index in [1.807, 2.05) is 26.5 Å². The van der Waals surface area contributed by atoms with E-state index in [4.69, 9.17) is 0 Å². The minimum Gasteiger partial charge on any atom is -0.393 e. The lowest BCUT2D eigenvalue weighted by atomic mass is 9.61. The second kappa shape index (κ2) is 9.41. The van der Waals surface area contributed by atoms with Gasteiger partial charge in [0.2, 0.25) is 0 Å². The summed E-state index contributed by atoms with van der Waals surface area (Å²) in [5, 5.41) is 26.7. The quantitative estimate of drug-likeness (QED) is 0.534. The number of benzene rings is 1. The number of nitrogens with one attached hydrogen (secondary N) is 1. The van der Waals surface area contributed by atoms with Crippen molar-refractivity contribution in [3.8, 4) is 0 Å². The molecule has 0 aliphatic heterocycles. The number of rotatable bonds is 1. The predicted octanol–water partition coefficient (Wildman–Crippen LogP) is 5.42. The summed E-state index contributed by atoms with van der Waals surface area (Å²) in [5.74, 6) is 1.04. The molecular formula is C30H38N2O2. The molecule has 5 atom stereocenters. The number of aliphatic hydroxyl groups is 2. The average Bonchev–Trinajstić information content (AvgIpc) is 3.04. The Labute approximate surface area is 203 Å². The van der Waals surface area contributed by atoms with Gasteiger partial charge in [0.15, 0.2) is 0 Å². The number of aromatic nitrogens is 1. The van der Waals surface area contributed by atoms with E-state index in [0.717, 1.165) is 44.9 Å². The Hall–Kier alpha value is -2.27. The molecule has 180 valence electrons. The minimum atomic E-state index is -0.426. The molecule has 0 amide bonds. The number of fused-ring (bicyclic) bond motifs is 4. The van der Waals surface area contributed by atoms with Crippen LogP contribution in [0.1, 0.15) is 57.4 Å². The molecule has 2 aromatic rings. The van der Waals surface area contributed by atoms with Gasteiger partial charge in [0.1, 0.15) is 0 Å². The van der Waals surface area contributed by atoms with Gasteiger partial charge < -0.3 is 15.5 Å². The normalized spacial score (nSPS) is 32.5. The van der Waals surface area contributed by atoms with Crippen LogP contribution < -0.4 is 5.32 Å². The molecule has 0 bridgehead atoms. The second-order valence-electron chi connectivity index (χ2n) is 10.9. The molecule has 0 spiro atoms. The highest BCUT2D eigenvalue weighted by Gasteiger charge is 2.49. The Morgan fingerprint density at radius 1 is 1.06 bits per heavy atom. The van der Waals surface area contributed by atoms with Gasteiger partial charge in [-0.3, -0.25) is 4.98 Å². The van der Waals surface area contributed by atoms with Crippen LogP contribution in [0.4, 0.5) is 0 Å². The molecule has 0 radical (unpaired) electrons. The van der Waals surface area contributed by atoms with E-state index in [0.29, 0.717) is 11.8 Å². The number of allylic oxidation sites excluding steroid dienone is 3. The number of hydrogen-bond acceptors (Lipinski definition) is 4. The zero-order valence-corrected chi connectivity index (χ0v) is 20.7. The minimum absolute atomic E-state index is 0.0400. The molecule has 0 saturated heterocycles. The third-order valence-electron chi connectivity index (χ3n) is 8.61. The van der Waals surface area contributed by atoms with Crippen molar-refractivity contribution in [2.45, 2.75) is 64.1 Å². The summed E-state index contributed by atoms with van der Waals surface area (Å²) < 4.78 is 0. The number of nitrogens with zero attached hydrogens (tertiary/aromatic N) is 1. The summed E-state index contributed by atoms with van der Waals surface area (Å²) in [5.41, 5.74) is 6.64. The fourth-order valence-corrected chi connectivity index (χ4v) is 6.99. The molecule has 3 N–H and O–H groups in total. The van der Waals surface area contributed by atoms with E-state index in [-0.39, 0.29) is 11.5 Å². The molecule has 1 aromatic heterocycles. The first kappa shape index (κ1) is 23.5. The Bertz CT molecular complexity index is 1160. The van der Waals surface area contributed by atoms with Crippen LogP contribution in [0.2, 0.25) is 0 Å². The summed E-state index contributed by atoms with van der Waals surface area (Å²) in [6.07, 6.45) is 14.7. The zero-order valence-electron chi connectivity index (χ0n) is 20.7. The fourth-order valence-electron chi connectivity index (χ4n) is 6.99. The summed E-state index contributed by atoms with van der Waals surface area (Å²) in [7, 11) is 3.75. The van der Waals surface area contributed by atoms with E-state index in [9.17, 15) is 10.2 Å². The third kappa shape index (κ3) is 4.06. The average molecular weight is 459 g/mol. The second-order valence-corrected chi connectivity index (χ2v) is 10.9. The highest BCUT2D eigenvalue weighted by molar-refractivity contribution is 5.87. The van der Waals surface area contributed by atoms with Gasteiger partial charge in [0.05, 0.1) is 12.2 Å². The summed E-state index contributed by atoms with van der Waals surface area (Å²) in [6.45, 7) is 2.37. The summed E-state index contributed by atoms with van der Waals surface area (Å²) >= 11 is 0. The molecule has 6 rings (SSSR count). The maximum absolute atomic E-state index is 11.3. The van der Waals surface area contributed by atoms with Crippen molar-refractivity contribution in [1.82, 2.24) is 10.3 Å². The number of aliphatic hydroxyl groups excluding tert-OH is 2. The van der Waals surface area contributed by atoms with Crippen LogP contribution in [-0.4, -0.2) is 41.5 Å². The first-order chi connectivity index (χ1) is 16.4. The molecule has 34 heavy (non-hydrogen) atoms. The van der Waals surface area contributed by atoms with Crippen molar-refractivity contribution in [2.75, 3.05) is 14.1 Å². The van der Waals surface area contributed by atoms with Crippen molar-refractivity contribution in [3.63, 3.8) is 0 Å². The highest BCUT2D eigenvalue weighted by atomic mass is 16.3. The largest absolute Gasteiger partial charge is 0.393 e. The van der Waals surface area contributed by atoms with Crippen LogP contribution in [0, 0.1) is 17.3 Å².